The Hall–Kier alpha value is -1.71. The highest BCUT2D eigenvalue weighted by molar-refractivity contribution is 6.08. The Morgan fingerprint density at radius 2 is 1.44 bits per heavy atom. The van der Waals surface area contributed by atoms with Gasteiger partial charge in [0, 0.05) is 12.0 Å². The zero-order valence-electron chi connectivity index (χ0n) is 11.6. The molecule has 0 bridgehead atoms. The van der Waals surface area contributed by atoms with Gasteiger partial charge >= 0.3 is 0 Å². The lowest BCUT2D eigenvalue weighted by Gasteiger charge is -2.26. The Balaban J connectivity index is 5.42. The van der Waals surface area contributed by atoms with Gasteiger partial charge in [-0.05, 0) is 34.6 Å². The van der Waals surface area contributed by atoms with Gasteiger partial charge < -0.3 is 5.11 Å². The van der Waals surface area contributed by atoms with E-state index in [1.807, 2.05) is 0 Å². The van der Waals surface area contributed by atoms with Crippen molar-refractivity contribution in [2.45, 2.75) is 41.0 Å². The number of ketones is 3. The largest absolute Gasteiger partial charge is 0.512 e. The van der Waals surface area contributed by atoms with Gasteiger partial charge in [-0.2, -0.15) is 0 Å². The molecule has 0 spiro atoms. The molecule has 0 heterocycles. The van der Waals surface area contributed by atoms with Crippen LogP contribution in [0, 0.1) is 5.41 Å². The lowest BCUT2D eigenvalue weighted by atomic mass is 9.73. The van der Waals surface area contributed by atoms with E-state index in [0.717, 1.165) is 0 Å². The SMILES string of the molecule is C=C(C/C(C(C)=O)=C(\C)O)C(C)(C(C)=O)C(C)=O. The number of hydrogen-bond donors (Lipinski definition) is 1. The molecule has 0 amide bonds. The zero-order chi connectivity index (χ0) is 14.7. The third-order valence-electron chi connectivity index (χ3n) is 3.37. The summed E-state index contributed by atoms with van der Waals surface area (Å²) in [6, 6.07) is 0. The molecule has 0 fully saturated rings. The molecule has 4 nitrogen and oxygen atoms in total. The van der Waals surface area contributed by atoms with Crippen molar-refractivity contribution in [3.63, 3.8) is 0 Å². The quantitative estimate of drug-likeness (QED) is 0.341. The number of carbonyl (C=O) groups is 3. The molecule has 4 heteroatoms. The average Bonchev–Trinajstić information content (AvgIpc) is 2.22. The van der Waals surface area contributed by atoms with Gasteiger partial charge in [-0.3, -0.25) is 14.4 Å². The zero-order valence-corrected chi connectivity index (χ0v) is 11.6. The van der Waals surface area contributed by atoms with Crippen molar-refractivity contribution in [1.29, 1.82) is 0 Å². The Labute approximate surface area is 107 Å². The van der Waals surface area contributed by atoms with Crippen LogP contribution >= 0.6 is 0 Å². The maximum absolute atomic E-state index is 11.6. The number of allylic oxidation sites excluding steroid dienone is 3. The van der Waals surface area contributed by atoms with E-state index in [4.69, 9.17) is 0 Å². The first kappa shape index (κ1) is 16.3. The van der Waals surface area contributed by atoms with Gasteiger partial charge in [-0.1, -0.05) is 12.2 Å². The summed E-state index contributed by atoms with van der Waals surface area (Å²) < 4.78 is 0. The normalized spacial score (nSPS) is 12.7. The van der Waals surface area contributed by atoms with Crippen LogP contribution in [-0.2, 0) is 14.4 Å². The second kappa shape index (κ2) is 5.76. The first-order valence-corrected chi connectivity index (χ1v) is 5.65. The molecule has 0 aromatic carbocycles. The highest BCUT2D eigenvalue weighted by Crippen LogP contribution is 2.33. The number of aliphatic hydroxyl groups is 1. The fraction of sp³-hybridized carbons (Fsp3) is 0.500. The third-order valence-corrected chi connectivity index (χ3v) is 3.37. The number of rotatable bonds is 6. The van der Waals surface area contributed by atoms with Crippen LogP contribution in [0.15, 0.2) is 23.5 Å². The van der Waals surface area contributed by atoms with Crippen molar-refractivity contribution in [3.8, 4) is 0 Å². The predicted molar refractivity (Wildman–Crippen MR) is 69.2 cm³/mol. The van der Waals surface area contributed by atoms with Crippen LogP contribution in [0.2, 0.25) is 0 Å². The third kappa shape index (κ3) is 3.15. The van der Waals surface area contributed by atoms with Gasteiger partial charge in [0.1, 0.15) is 17.0 Å². The minimum absolute atomic E-state index is 0.0212. The molecule has 0 saturated heterocycles. The number of hydrogen-bond acceptors (Lipinski definition) is 4. The predicted octanol–water partition coefficient (Wildman–Crippen LogP) is 2.54. The van der Waals surface area contributed by atoms with E-state index in [-0.39, 0.29) is 35.1 Å². The molecular formula is C14H20O4. The molecule has 0 radical (unpaired) electrons. The Bertz CT molecular complexity index is 423. The Morgan fingerprint density at radius 1 is 1.06 bits per heavy atom. The van der Waals surface area contributed by atoms with Crippen molar-refractivity contribution >= 4 is 17.3 Å². The number of Topliss-reactive ketones (excluding diaryl/α,β-unsaturated/α-hetero) is 3. The summed E-state index contributed by atoms with van der Waals surface area (Å²) in [5.74, 6) is -1.05. The van der Waals surface area contributed by atoms with Gasteiger partial charge in [0.15, 0.2) is 5.78 Å². The van der Waals surface area contributed by atoms with Crippen LogP contribution in [0.1, 0.15) is 41.0 Å². The van der Waals surface area contributed by atoms with Crippen LogP contribution in [0.25, 0.3) is 0 Å². The summed E-state index contributed by atoms with van der Waals surface area (Å²) in [7, 11) is 0. The van der Waals surface area contributed by atoms with E-state index in [9.17, 15) is 19.5 Å². The molecule has 100 valence electrons. The molecule has 0 aliphatic heterocycles. The van der Waals surface area contributed by atoms with E-state index >= 15 is 0 Å². The summed E-state index contributed by atoms with van der Waals surface area (Å²) in [5, 5.41) is 9.42. The van der Waals surface area contributed by atoms with E-state index in [1.54, 1.807) is 0 Å². The highest BCUT2D eigenvalue weighted by atomic mass is 16.3. The van der Waals surface area contributed by atoms with Crippen LogP contribution in [-0.4, -0.2) is 22.5 Å². The van der Waals surface area contributed by atoms with Crippen molar-refractivity contribution in [3.05, 3.63) is 23.5 Å². The molecular weight excluding hydrogens is 232 g/mol. The van der Waals surface area contributed by atoms with Crippen LogP contribution in [0.3, 0.4) is 0 Å². The number of carbonyl (C=O) groups excluding carboxylic acids is 3. The fourth-order valence-corrected chi connectivity index (χ4v) is 1.64. The molecule has 18 heavy (non-hydrogen) atoms. The van der Waals surface area contributed by atoms with E-state index < -0.39 is 5.41 Å². The topological polar surface area (TPSA) is 71.4 Å². The van der Waals surface area contributed by atoms with E-state index in [1.165, 1.54) is 34.6 Å². The summed E-state index contributed by atoms with van der Waals surface area (Å²) in [6.45, 7) is 10.6. The molecule has 0 saturated carbocycles. The lowest BCUT2D eigenvalue weighted by molar-refractivity contribution is -0.135. The molecule has 0 aromatic rings. The second-order valence-corrected chi connectivity index (χ2v) is 4.64. The maximum Gasteiger partial charge on any atom is 0.159 e. The van der Waals surface area contributed by atoms with Gasteiger partial charge in [0.25, 0.3) is 0 Å². The summed E-state index contributed by atoms with van der Waals surface area (Å²) in [6.07, 6.45) is 0.0212. The molecule has 0 unspecified atom stereocenters. The monoisotopic (exact) mass is 252 g/mol. The smallest absolute Gasteiger partial charge is 0.159 e. The van der Waals surface area contributed by atoms with Crippen molar-refractivity contribution in [2.75, 3.05) is 0 Å². The first-order chi connectivity index (χ1) is 8.05. The molecule has 1 N–H and O–H groups in total. The van der Waals surface area contributed by atoms with E-state index in [2.05, 4.69) is 6.58 Å². The van der Waals surface area contributed by atoms with Gasteiger partial charge in [-0.25, -0.2) is 0 Å². The minimum atomic E-state index is -1.31. The maximum atomic E-state index is 11.6. The first-order valence-electron chi connectivity index (χ1n) is 5.65. The fourth-order valence-electron chi connectivity index (χ4n) is 1.64. The van der Waals surface area contributed by atoms with Gasteiger partial charge in [0.2, 0.25) is 0 Å². The van der Waals surface area contributed by atoms with Crippen molar-refractivity contribution in [1.82, 2.24) is 0 Å². The van der Waals surface area contributed by atoms with Crippen LogP contribution in [0.4, 0.5) is 0 Å². The average molecular weight is 252 g/mol. The lowest BCUT2D eigenvalue weighted by Crippen LogP contribution is -2.35. The minimum Gasteiger partial charge on any atom is -0.512 e. The van der Waals surface area contributed by atoms with Crippen LogP contribution < -0.4 is 0 Å². The summed E-state index contributed by atoms with van der Waals surface area (Å²) in [5.41, 5.74) is -0.814. The molecule has 0 atom stereocenters. The Kier molecular flexibility index (Phi) is 5.21. The van der Waals surface area contributed by atoms with E-state index in [0.29, 0.717) is 5.57 Å². The van der Waals surface area contributed by atoms with Crippen LogP contribution in [0.5, 0.6) is 0 Å². The molecule has 0 aliphatic carbocycles. The summed E-state index contributed by atoms with van der Waals surface area (Å²) in [4.78, 5) is 34.6. The molecule has 0 rings (SSSR count). The molecule has 0 aliphatic rings. The van der Waals surface area contributed by atoms with Crippen molar-refractivity contribution < 1.29 is 19.5 Å². The number of aliphatic hydroxyl groups excluding tert-OH is 1. The standard InChI is InChI=1S/C14H20O4/c1-8(7-13(9(2)15)10(3)16)14(6,11(4)17)12(5)18/h15H,1,7H2,2-6H3/b13-9-. The second-order valence-electron chi connectivity index (χ2n) is 4.64. The Morgan fingerprint density at radius 3 is 1.67 bits per heavy atom. The highest BCUT2D eigenvalue weighted by Gasteiger charge is 2.38. The van der Waals surface area contributed by atoms with Gasteiger partial charge in [-0.15, -0.1) is 0 Å². The molecule has 0 aromatic heterocycles. The van der Waals surface area contributed by atoms with Gasteiger partial charge in [0.05, 0.1) is 5.76 Å². The summed E-state index contributed by atoms with van der Waals surface area (Å²) >= 11 is 0. The van der Waals surface area contributed by atoms with Crippen molar-refractivity contribution in [2.24, 2.45) is 5.41 Å².